The molecule has 2 heteroatoms. The second kappa shape index (κ2) is 5.54. The van der Waals surface area contributed by atoms with Gasteiger partial charge in [-0.15, -0.1) is 0 Å². The van der Waals surface area contributed by atoms with E-state index in [0.717, 1.165) is 0 Å². The monoisotopic (exact) mass is 233 g/mol. The molecule has 1 saturated heterocycles. The summed E-state index contributed by atoms with van der Waals surface area (Å²) in [6, 6.07) is 10.8. The summed E-state index contributed by atoms with van der Waals surface area (Å²) in [5.74, 6) is 0. The summed E-state index contributed by atoms with van der Waals surface area (Å²) in [4.78, 5) is 2.53. The Labute approximate surface area is 105 Å². The van der Waals surface area contributed by atoms with Gasteiger partial charge >= 0.3 is 0 Å². The van der Waals surface area contributed by atoms with Crippen molar-refractivity contribution in [3.8, 4) is 0 Å². The highest BCUT2D eigenvalue weighted by Crippen LogP contribution is 2.19. The van der Waals surface area contributed by atoms with Gasteiger partial charge in [0.1, 0.15) is 0 Å². The van der Waals surface area contributed by atoms with Gasteiger partial charge in [-0.05, 0) is 25.5 Å². The molecule has 1 aromatic rings. The Balaban J connectivity index is 1.98. The fraction of sp³-hybridized carbons (Fsp3) is 0.600. The van der Waals surface area contributed by atoms with Crippen LogP contribution in [0.2, 0.25) is 0 Å². The molecule has 0 bridgehead atoms. The fourth-order valence-electron chi connectivity index (χ4n) is 2.96. The fourth-order valence-corrected chi connectivity index (χ4v) is 2.96. The number of nitrogens with zero attached hydrogens (tertiary/aromatic N) is 2. The van der Waals surface area contributed by atoms with Crippen LogP contribution in [0, 0.1) is 0 Å². The Morgan fingerprint density at radius 3 is 2.24 bits per heavy atom. The lowest BCUT2D eigenvalue weighted by molar-refractivity contribution is -0.927. The summed E-state index contributed by atoms with van der Waals surface area (Å²) < 4.78 is 1.32. The Kier molecular flexibility index (Phi) is 4.06. The first kappa shape index (κ1) is 12.4. The van der Waals surface area contributed by atoms with Gasteiger partial charge in [0.15, 0.2) is 0 Å². The van der Waals surface area contributed by atoms with Gasteiger partial charge in [0, 0.05) is 5.69 Å². The molecular formula is C15H25N2+. The molecule has 0 aromatic heterocycles. The van der Waals surface area contributed by atoms with Crippen LogP contribution in [0.1, 0.15) is 20.3 Å². The quantitative estimate of drug-likeness (QED) is 0.723. The molecular weight excluding hydrogens is 208 g/mol. The van der Waals surface area contributed by atoms with Crippen LogP contribution in [-0.4, -0.2) is 43.8 Å². The van der Waals surface area contributed by atoms with Crippen LogP contribution >= 0.6 is 0 Å². The number of quaternary nitrogens is 1. The SMILES string of the molecule is CCC[N+]1(CC)CCN(c2ccccc2)CC1. The second-order valence-corrected chi connectivity index (χ2v) is 5.15. The molecule has 1 heterocycles. The summed E-state index contributed by atoms with van der Waals surface area (Å²) in [6.45, 7) is 12.3. The number of para-hydroxylation sites is 1. The van der Waals surface area contributed by atoms with Crippen LogP contribution in [0.15, 0.2) is 30.3 Å². The summed E-state index contributed by atoms with van der Waals surface area (Å²) in [7, 11) is 0. The second-order valence-electron chi connectivity index (χ2n) is 5.15. The molecule has 1 fully saturated rings. The van der Waals surface area contributed by atoms with Crippen molar-refractivity contribution in [1.29, 1.82) is 0 Å². The van der Waals surface area contributed by atoms with Crippen LogP contribution in [0.25, 0.3) is 0 Å². The van der Waals surface area contributed by atoms with E-state index in [1.807, 2.05) is 0 Å². The molecule has 1 aromatic carbocycles. The normalized spacial score (nSPS) is 19.3. The highest BCUT2D eigenvalue weighted by molar-refractivity contribution is 5.46. The molecule has 0 aliphatic carbocycles. The largest absolute Gasteiger partial charge is 0.360 e. The zero-order valence-corrected chi connectivity index (χ0v) is 11.2. The van der Waals surface area contributed by atoms with E-state index in [-0.39, 0.29) is 0 Å². The van der Waals surface area contributed by atoms with Gasteiger partial charge in [0.2, 0.25) is 0 Å². The Morgan fingerprint density at radius 1 is 1.06 bits per heavy atom. The third-order valence-electron chi connectivity index (χ3n) is 4.18. The summed E-state index contributed by atoms with van der Waals surface area (Å²) in [6.07, 6.45) is 1.30. The molecule has 0 amide bonds. The van der Waals surface area contributed by atoms with Crippen molar-refractivity contribution in [3.05, 3.63) is 30.3 Å². The molecule has 0 N–H and O–H groups in total. The highest BCUT2D eigenvalue weighted by atomic mass is 15.4. The highest BCUT2D eigenvalue weighted by Gasteiger charge is 2.30. The maximum Gasteiger partial charge on any atom is 0.0965 e. The maximum atomic E-state index is 2.53. The lowest BCUT2D eigenvalue weighted by Crippen LogP contribution is -2.59. The smallest absolute Gasteiger partial charge is 0.0965 e. The van der Waals surface area contributed by atoms with E-state index in [1.165, 1.54) is 55.9 Å². The molecule has 1 aliphatic heterocycles. The zero-order valence-electron chi connectivity index (χ0n) is 11.2. The van der Waals surface area contributed by atoms with E-state index in [4.69, 9.17) is 0 Å². The number of benzene rings is 1. The lowest BCUT2D eigenvalue weighted by Gasteiger charge is -2.45. The predicted molar refractivity (Wildman–Crippen MR) is 74.3 cm³/mol. The van der Waals surface area contributed by atoms with E-state index in [1.54, 1.807) is 0 Å². The number of rotatable bonds is 4. The van der Waals surface area contributed by atoms with Crippen molar-refractivity contribution in [2.45, 2.75) is 20.3 Å². The Hall–Kier alpha value is -1.02. The first-order valence-electron chi connectivity index (χ1n) is 6.95. The molecule has 94 valence electrons. The van der Waals surface area contributed by atoms with Gasteiger partial charge in [-0.25, -0.2) is 0 Å². The molecule has 0 spiro atoms. The first-order chi connectivity index (χ1) is 8.29. The Morgan fingerprint density at radius 2 is 1.71 bits per heavy atom. The van der Waals surface area contributed by atoms with E-state index in [9.17, 15) is 0 Å². The number of likely N-dealkylation sites (N-methyl/N-ethyl adjacent to an activating group) is 1. The predicted octanol–water partition coefficient (Wildman–Crippen LogP) is 2.75. The lowest BCUT2D eigenvalue weighted by atomic mass is 10.2. The van der Waals surface area contributed by atoms with Crippen LogP contribution in [0.5, 0.6) is 0 Å². The minimum Gasteiger partial charge on any atom is -0.360 e. The minimum absolute atomic E-state index is 1.21. The summed E-state index contributed by atoms with van der Waals surface area (Å²) >= 11 is 0. The van der Waals surface area contributed by atoms with Crippen molar-refractivity contribution in [2.75, 3.05) is 44.2 Å². The van der Waals surface area contributed by atoms with Gasteiger partial charge < -0.3 is 9.38 Å². The van der Waals surface area contributed by atoms with Gasteiger partial charge in [0.25, 0.3) is 0 Å². The van der Waals surface area contributed by atoms with E-state index in [2.05, 4.69) is 49.1 Å². The van der Waals surface area contributed by atoms with Crippen molar-refractivity contribution in [1.82, 2.24) is 0 Å². The molecule has 1 aliphatic rings. The van der Waals surface area contributed by atoms with Crippen LogP contribution < -0.4 is 4.90 Å². The van der Waals surface area contributed by atoms with E-state index in [0.29, 0.717) is 0 Å². The van der Waals surface area contributed by atoms with E-state index < -0.39 is 0 Å². The van der Waals surface area contributed by atoms with Gasteiger partial charge in [-0.2, -0.15) is 0 Å². The third kappa shape index (κ3) is 2.81. The van der Waals surface area contributed by atoms with Gasteiger partial charge in [-0.3, -0.25) is 0 Å². The zero-order chi connectivity index (χ0) is 12.1. The van der Waals surface area contributed by atoms with Crippen LogP contribution in [0.3, 0.4) is 0 Å². The first-order valence-corrected chi connectivity index (χ1v) is 6.95. The molecule has 0 atom stereocenters. The molecule has 2 nitrogen and oxygen atoms in total. The Bertz CT molecular complexity index is 326. The average Bonchev–Trinajstić information content (AvgIpc) is 2.41. The minimum atomic E-state index is 1.21. The van der Waals surface area contributed by atoms with Crippen LogP contribution in [0.4, 0.5) is 5.69 Å². The van der Waals surface area contributed by atoms with Gasteiger partial charge in [-0.1, -0.05) is 25.1 Å². The summed E-state index contributed by atoms with van der Waals surface area (Å²) in [5.41, 5.74) is 1.39. The standard InChI is InChI=1S/C15H25N2/c1-3-12-17(4-2)13-10-16(11-14-17)15-8-6-5-7-9-15/h5-9H,3-4,10-14H2,1-2H3/q+1. The number of hydrogen-bond donors (Lipinski definition) is 0. The van der Waals surface area contributed by atoms with E-state index >= 15 is 0 Å². The van der Waals surface area contributed by atoms with Crippen LogP contribution in [-0.2, 0) is 0 Å². The molecule has 0 unspecified atom stereocenters. The molecule has 0 saturated carbocycles. The molecule has 0 radical (unpaired) electrons. The van der Waals surface area contributed by atoms with Crippen molar-refractivity contribution < 1.29 is 4.48 Å². The summed E-state index contributed by atoms with van der Waals surface area (Å²) in [5, 5.41) is 0. The number of piperazine rings is 1. The number of hydrogen-bond acceptors (Lipinski definition) is 1. The molecule has 2 rings (SSSR count). The average molecular weight is 233 g/mol. The van der Waals surface area contributed by atoms with Crippen molar-refractivity contribution in [3.63, 3.8) is 0 Å². The molecule has 17 heavy (non-hydrogen) atoms. The number of anilines is 1. The third-order valence-corrected chi connectivity index (χ3v) is 4.18. The topological polar surface area (TPSA) is 3.24 Å². The van der Waals surface area contributed by atoms with Crippen molar-refractivity contribution in [2.24, 2.45) is 0 Å². The van der Waals surface area contributed by atoms with Crippen molar-refractivity contribution >= 4 is 5.69 Å². The maximum absolute atomic E-state index is 2.53. The van der Waals surface area contributed by atoms with Gasteiger partial charge in [0.05, 0.1) is 39.3 Å².